The minimum atomic E-state index is -2.83. The number of allylic oxidation sites excluding steroid dienone is 1. The number of aliphatic imine (C=N–C) groups is 1. The molecule has 1 unspecified atom stereocenters. The summed E-state index contributed by atoms with van der Waals surface area (Å²) in [6, 6.07) is 0. The Kier molecular flexibility index (Phi) is 2.64. The van der Waals surface area contributed by atoms with E-state index in [1.165, 1.54) is 6.20 Å². The van der Waals surface area contributed by atoms with Crippen LogP contribution >= 0.6 is 11.6 Å². The van der Waals surface area contributed by atoms with E-state index < -0.39 is 12.2 Å². The largest absolute Gasteiger partial charge is 0.432 e. The highest BCUT2D eigenvalue weighted by atomic mass is 35.5. The zero-order valence-electron chi connectivity index (χ0n) is 5.30. The molecule has 0 fully saturated rings. The topological polar surface area (TPSA) is 33.6 Å². The Morgan fingerprint density at radius 2 is 2.45 bits per heavy atom. The summed E-state index contributed by atoms with van der Waals surface area (Å²) < 4.78 is 27.1. The molecule has 6 heteroatoms. The average molecular weight is 183 g/mol. The quantitative estimate of drug-likeness (QED) is 0.515. The zero-order valence-corrected chi connectivity index (χ0v) is 6.05. The summed E-state index contributed by atoms with van der Waals surface area (Å²) >= 11 is 5.42. The summed E-state index contributed by atoms with van der Waals surface area (Å²) in [6.07, 6.45) is 2.37. The van der Waals surface area contributed by atoms with Crippen molar-refractivity contribution in [1.82, 2.24) is 5.32 Å². The number of nitrogens with zero attached hydrogens (tertiary/aromatic N) is 1. The van der Waals surface area contributed by atoms with Gasteiger partial charge in [0.05, 0.1) is 6.21 Å². The Labute approximate surface area is 66.7 Å². The lowest BCUT2D eigenvalue weighted by molar-refractivity contribution is -0.0898. The molecular formula is C5H5ClF2N2O. The summed E-state index contributed by atoms with van der Waals surface area (Å²) in [5.41, 5.74) is -0.597. The first-order valence-electron chi connectivity index (χ1n) is 2.77. The van der Waals surface area contributed by atoms with E-state index in [1.807, 2.05) is 0 Å². The van der Waals surface area contributed by atoms with Crippen molar-refractivity contribution in [2.75, 3.05) is 0 Å². The SMILES string of the molecule is FC(F)OC1=CNC(Cl)N=C1. The summed E-state index contributed by atoms with van der Waals surface area (Å²) in [7, 11) is 0. The van der Waals surface area contributed by atoms with Gasteiger partial charge in [0.1, 0.15) is 0 Å². The summed E-state index contributed by atoms with van der Waals surface area (Å²) in [4.78, 5) is 3.57. The lowest BCUT2D eigenvalue weighted by atomic mass is 10.5. The fraction of sp³-hybridized carbons (Fsp3) is 0.400. The molecule has 1 N–H and O–H groups in total. The normalized spacial score (nSPS) is 22.9. The van der Waals surface area contributed by atoms with E-state index in [1.54, 1.807) is 0 Å². The van der Waals surface area contributed by atoms with Crippen LogP contribution in [0.4, 0.5) is 8.78 Å². The fourth-order valence-electron chi connectivity index (χ4n) is 0.537. The van der Waals surface area contributed by atoms with Crippen LogP contribution < -0.4 is 5.32 Å². The highest BCUT2D eigenvalue weighted by Gasteiger charge is 2.09. The first-order valence-corrected chi connectivity index (χ1v) is 3.20. The van der Waals surface area contributed by atoms with Gasteiger partial charge in [-0.05, 0) is 0 Å². The van der Waals surface area contributed by atoms with Gasteiger partial charge < -0.3 is 10.1 Å². The van der Waals surface area contributed by atoms with Gasteiger partial charge in [0, 0.05) is 6.20 Å². The maximum Gasteiger partial charge on any atom is 0.387 e. The number of rotatable bonds is 2. The van der Waals surface area contributed by atoms with Crippen LogP contribution in [0, 0.1) is 0 Å². The predicted molar refractivity (Wildman–Crippen MR) is 36.4 cm³/mol. The van der Waals surface area contributed by atoms with Gasteiger partial charge in [-0.15, -0.1) is 0 Å². The number of ether oxygens (including phenoxy) is 1. The Hall–Kier alpha value is -0.840. The second-order valence-corrected chi connectivity index (χ2v) is 2.12. The third-order valence-electron chi connectivity index (χ3n) is 0.921. The van der Waals surface area contributed by atoms with Gasteiger partial charge in [-0.3, -0.25) is 0 Å². The number of nitrogens with one attached hydrogen (secondary N) is 1. The van der Waals surface area contributed by atoms with Crippen LogP contribution in [0.5, 0.6) is 0 Å². The molecule has 0 amide bonds. The first kappa shape index (κ1) is 8.26. The summed E-state index contributed by atoms with van der Waals surface area (Å²) in [6.45, 7) is -2.83. The molecule has 1 aliphatic heterocycles. The number of halogens is 3. The molecule has 0 aliphatic carbocycles. The van der Waals surface area contributed by atoms with Crippen molar-refractivity contribution < 1.29 is 13.5 Å². The van der Waals surface area contributed by atoms with Crippen molar-refractivity contribution in [2.45, 2.75) is 12.2 Å². The third kappa shape index (κ3) is 2.71. The molecule has 1 rings (SSSR count). The van der Waals surface area contributed by atoms with E-state index in [-0.39, 0.29) is 5.76 Å². The monoisotopic (exact) mass is 182 g/mol. The highest BCUT2D eigenvalue weighted by Crippen LogP contribution is 2.07. The van der Waals surface area contributed by atoms with Crippen molar-refractivity contribution in [1.29, 1.82) is 0 Å². The van der Waals surface area contributed by atoms with E-state index in [2.05, 4.69) is 15.0 Å². The molecule has 1 heterocycles. The lowest BCUT2D eigenvalue weighted by Gasteiger charge is -2.12. The van der Waals surface area contributed by atoms with Gasteiger partial charge >= 0.3 is 6.61 Å². The molecule has 0 saturated heterocycles. The molecule has 1 aliphatic rings. The Balaban J connectivity index is 2.43. The van der Waals surface area contributed by atoms with E-state index in [0.29, 0.717) is 0 Å². The smallest absolute Gasteiger partial charge is 0.387 e. The molecule has 0 bridgehead atoms. The van der Waals surface area contributed by atoms with Crippen molar-refractivity contribution >= 4 is 17.8 Å². The molecule has 0 saturated carbocycles. The van der Waals surface area contributed by atoms with Crippen molar-refractivity contribution in [2.24, 2.45) is 4.99 Å². The maximum atomic E-state index is 11.5. The van der Waals surface area contributed by atoms with Gasteiger partial charge in [0.25, 0.3) is 0 Å². The number of alkyl halides is 3. The summed E-state index contributed by atoms with van der Waals surface area (Å²) in [5, 5.41) is 2.48. The highest BCUT2D eigenvalue weighted by molar-refractivity contribution is 6.20. The van der Waals surface area contributed by atoms with Crippen LogP contribution in [0.3, 0.4) is 0 Å². The minimum absolute atomic E-state index is 0.0306. The van der Waals surface area contributed by atoms with E-state index in [0.717, 1.165) is 6.21 Å². The molecule has 0 radical (unpaired) electrons. The average Bonchev–Trinajstić information content (AvgIpc) is 1.93. The van der Waals surface area contributed by atoms with Crippen LogP contribution in [0.25, 0.3) is 0 Å². The number of hydrogen-bond donors (Lipinski definition) is 1. The molecule has 0 aromatic carbocycles. The predicted octanol–water partition coefficient (Wildman–Crippen LogP) is 1.26. The van der Waals surface area contributed by atoms with Crippen LogP contribution in [0.1, 0.15) is 0 Å². The minimum Gasteiger partial charge on any atom is -0.432 e. The molecular weight excluding hydrogens is 178 g/mol. The molecule has 62 valence electrons. The Bertz CT molecular complexity index is 195. The van der Waals surface area contributed by atoms with E-state index in [4.69, 9.17) is 11.6 Å². The molecule has 3 nitrogen and oxygen atoms in total. The Morgan fingerprint density at radius 3 is 2.91 bits per heavy atom. The van der Waals surface area contributed by atoms with Crippen LogP contribution in [-0.4, -0.2) is 18.5 Å². The van der Waals surface area contributed by atoms with Crippen LogP contribution in [0.2, 0.25) is 0 Å². The van der Waals surface area contributed by atoms with Crippen molar-refractivity contribution in [3.8, 4) is 0 Å². The third-order valence-corrected chi connectivity index (χ3v) is 1.16. The van der Waals surface area contributed by atoms with Crippen molar-refractivity contribution in [3.63, 3.8) is 0 Å². The maximum absolute atomic E-state index is 11.5. The van der Waals surface area contributed by atoms with Crippen LogP contribution in [-0.2, 0) is 4.74 Å². The van der Waals surface area contributed by atoms with Gasteiger partial charge in [-0.1, -0.05) is 11.6 Å². The Morgan fingerprint density at radius 1 is 1.73 bits per heavy atom. The van der Waals surface area contributed by atoms with Gasteiger partial charge in [0.2, 0.25) is 0 Å². The molecule has 1 atom stereocenters. The first-order chi connectivity index (χ1) is 5.18. The zero-order chi connectivity index (χ0) is 8.27. The van der Waals surface area contributed by atoms with Gasteiger partial charge in [-0.25, -0.2) is 4.99 Å². The van der Waals surface area contributed by atoms with Crippen molar-refractivity contribution in [3.05, 3.63) is 12.0 Å². The molecule has 0 aromatic heterocycles. The van der Waals surface area contributed by atoms with Crippen LogP contribution in [0.15, 0.2) is 17.0 Å². The summed E-state index contributed by atoms with van der Waals surface area (Å²) in [5.74, 6) is -0.0306. The molecule has 0 aromatic rings. The molecule has 11 heavy (non-hydrogen) atoms. The van der Waals surface area contributed by atoms with E-state index in [9.17, 15) is 8.78 Å². The standard InChI is InChI=1S/C5H5ClF2N2O/c6-4-9-1-3(2-10-4)11-5(7)8/h1-2,4-5,9H. The van der Waals surface area contributed by atoms with Gasteiger partial charge in [0.15, 0.2) is 11.4 Å². The fourth-order valence-corrected chi connectivity index (χ4v) is 0.657. The van der Waals surface area contributed by atoms with Gasteiger partial charge in [-0.2, -0.15) is 8.78 Å². The van der Waals surface area contributed by atoms with E-state index >= 15 is 0 Å². The second-order valence-electron chi connectivity index (χ2n) is 1.71. The molecule has 0 spiro atoms. The number of hydrogen-bond acceptors (Lipinski definition) is 3. The second kappa shape index (κ2) is 3.52. The lowest BCUT2D eigenvalue weighted by Crippen LogP contribution is -2.21.